The maximum Gasteiger partial charge on any atom is 0.219 e. The summed E-state index contributed by atoms with van der Waals surface area (Å²) < 4.78 is 0. The Morgan fingerprint density at radius 1 is 1.19 bits per heavy atom. The summed E-state index contributed by atoms with van der Waals surface area (Å²) >= 11 is 1.55. The highest BCUT2D eigenvalue weighted by Gasteiger charge is 2.19. The fraction of sp³-hybridized carbons (Fsp3) is 0.500. The van der Waals surface area contributed by atoms with Crippen molar-refractivity contribution in [1.29, 1.82) is 0 Å². The van der Waals surface area contributed by atoms with Crippen LogP contribution in [0.1, 0.15) is 48.0 Å². The summed E-state index contributed by atoms with van der Waals surface area (Å²) in [5.74, 6) is 0. The fourth-order valence-corrected chi connectivity index (χ4v) is 3.43. The van der Waals surface area contributed by atoms with E-state index in [0.717, 1.165) is 11.1 Å². The number of rotatable bonds is 2. The van der Waals surface area contributed by atoms with E-state index in [1.165, 1.54) is 32.1 Å². The molecule has 0 radical (unpaired) electrons. The summed E-state index contributed by atoms with van der Waals surface area (Å²) in [5, 5.41) is 0.811. The Kier molecular flexibility index (Phi) is 4.05. The van der Waals surface area contributed by atoms with Crippen LogP contribution in [-0.4, -0.2) is 10.4 Å². The van der Waals surface area contributed by atoms with Gasteiger partial charge in [-0.1, -0.05) is 55.3 Å². The van der Waals surface area contributed by atoms with Gasteiger partial charge >= 0.3 is 0 Å². The first-order chi connectivity index (χ1) is 7.77. The number of carbonyl (C=O) groups is 1. The van der Waals surface area contributed by atoms with E-state index in [9.17, 15) is 4.79 Å². The molecule has 0 N–H and O–H groups in total. The summed E-state index contributed by atoms with van der Waals surface area (Å²) in [4.78, 5) is 12.1. The minimum atomic E-state index is 0.255. The SMILES string of the molecule is Cc1ccccc1C(=O)SC1CCCCC1. The molecule has 1 aliphatic carbocycles. The first kappa shape index (κ1) is 11.7. The van der Waals surface area contributed by atoms with Crippen molar-refractivity contribution >= 4 is 16.9 Å². The molecule has 0 amide bonds. The molecule has 0 spiro atoms. The number of hydrogen-bond donors (Lipinski definition) is 0. The minimum absolute atomic E-state index is 0.255. The molecule has 0 atom stereocenters. The molecule has 0 unspecified atom stereocenters. The van der Waals surface area contributed by atoms with Gasteiger partial charge in [-0.05, 0) is 25.3 Å². The summed E-state index contributed by atoms with van der Waals surface area (Å²) in [7, 11) is 0. The predicted molar refractivity (Wildman–Crippen MR) is 70.0 cm³/mol. The van der Waals surface area contributed by atoms with Gasteiger partial charge in [0.1, 0.15) is 0 Å². The highest BCUT2D eigenvalue weighted by molar-refractivity contribution is 8.14. The third kappa shape index (κ3) is 2.88. The molecule has 1 aromatic carbocycles. The topological polar surface area (TPSA) is 17.1 Å². The van der Waals surface area contributed by atoms with Gasteiger partial charge in [-0.3, -0.25) is 4.79 Å². The van der Waals surface area contributed by atoms with Gasteiger partial charge in [0.25, 0.3) is 0 Å². The van der Waals surface area contributed by atoms with Gasteiger partial charge in [0.2, 0.25) is 5.12 Å². The van der Waals surface area contributed by atoms with Crippen molar-refractivity contribution in [1.82, 2.24) is 0 Å². The second-order valence-corrected chi connectivity index (χ2v) is 5.75. The van der Waals surface area contributed by atoms with Crippen LogP contribution < -0.4 is 0 Å². The van der Waals surface area contributed by atoms with Crippen LogP contribution in [0.2, 0.25) is 0 Å². The molecule has 0 aliphatic heterocycles. The first-order valence-corrected chi connectivity index (χ1v) is 6.92. The lowest BCUT2D eigenvalue weighted by Crippen LogP contribution is -2.11. The molecule has 0 bridgehead atoms. The molecule has 16 heavy (non-hydrogen) atoms. The van der Waals surface area contributed by atoms with Crippen molar-refractivity contribution in [3.8, 4) is 0 Å². The Bertz CT molecular complexity index is 367. The van der Waals surface area contributed by atoms with E-state index in [2.05, 4.69) is 0 Å². The Labute approximate surface area is 102 Å². The van der Waals surface area contributed by atoms with Crippen molar-refractivity contribution in [2.24, 2.45) is 0 Å². The largest absolute Gasteiger partial charge is 0.282 e. The van der Waals surface area contributed by atoms with Crippen molar-refractivity contribution in [3.63, 3.8) is 0 Å². The third-order valence-corrected chi connectivity index (χ3v) is 4.43. The average Bonchev–Trinajstić information content (AvgIpc) is 2.31. The normalized spacial score (nSPS) is 17.3. The molecule has 1 fully saturated rings. The number of carbonyl (C=O) groups excluding carboxylic acids is 1. The zero-order valence-electron chi connectivity index (χ0n) is 9.74. The van der Waals surface area contributed by atoms with Crippen LogP contribution in [0.4, 0.5) is 0 Å². The van der Waals surface area contributed by atoms with Gasteiger partial charge in [0.05, 0.1) is 0 Å². The van der Waals surface area contributed by atoms with Gasteiger partial charge in [0, 0.05) is 10.8 Å². The third-order valence-electron chi connectivity index (χ3n) is 3.19. The number of aryl methyl sites for hydroxylation is 1. The van der Waals surface area contributed by atoms with Gasteiger partial charge < -0.3 is 0 Å². The minimum Gasteiger partial charge on any atom is -0.282 e. The first-order valence-electron chi connectivity index (χ1n) is 6.04. The molecule has 1 aromatic rings. The van der Waals surface area contributed by atoms with Crippen LogP contribution in [0.3, 0.4) is 0 Å². The molecule has 2 rings (SSSR count). The smallest absolute Gasteiger partial charge is 0.219 e. The van der Waals surface area contributed by atoms with E-state index in [1.807, 2.05) is 31.2 Å². The van der Waals surface area contributed by atoms with Gasteiger partial charge in [-0.15, -0.1) is 0 Å². The standard InChI is InChI=1S/C14H18OS/c1-11-7-5-6-10-13(11)14(15)16-12-8-3-2-4-9-12/h5-7,10,12H,2-4,8-9H2,1H3. The summed E-state index contributed by atoms with van der Waals surface area (Å²) in [5.41, 5.74) is 1.98. The van der Waals surface area contributed by atoms with Crippen LogP contribution in [0, 0.1) is 6.92 Å². The summed E-state index contributed by atoms with van der Waals surface area (Å²) in [6.45, 7) is 2.01. The maximum atomic E-state index is 12.1. The molecular weight excluding hydrogens is 216 g/mol. The molecule has 0 aromatic heterocycles. The molecule has 1 saturated carbocycles. The van der Waals surface area contributed by atoms with Crippen LogP contribution in [-0.2, 0) is 0 Å². The second kappa shape index (κ2) is 5.53. The van der Waals surface area contributed by atoms with Crippen LogP contribution >= 0.6 is 11.8 Å². The number of benzene rings is 1. The molecular formula is C14H18OS. The highest BCUT2D eigenvalue weighted by atomic mass is 32.2. The highest BCUT2D eigenvalue weighted by Crippen LogP contribution is 2.30. The van der Waals surface area contributed by atoms with Crippen molar-refractivity contribution in [3.05, 3.63) is 35.4 Å². The van der Waals surface area contributed by atoms with Crippen LogP contribution in [0.15, 0.2) is 24.3 Å². The van der Waals surface area contributed by atoms with Crippen molar-refractivity contribution in [2.45, 2.75) is 44.3 Å². The van der Waals surface area contributed by atoms with E-state index < -0.39 is 0 Å². The lowest BCUT2D eigenvalue weighted by molar-refractivity contribution is 0.108. The quantitative estimate of drug-likeness (QED) is 0.763. The van der Waals surface area contributed by atoms with E-state index in [-0.39, 0.29) is 5.12 Å². The lowest BCUT2D eigenvalue weighted by Gasteiger charge is -2.20. The number of thioether (sulfide) groups is 1. The average molecular weight is 234 g/mol. The summed E-state index contributed by atoms with van der Waals surface area (Å²) in [6, 6.07) is 7.88. The molecule has 2 heteroatoms. The predicted octanol–water partition coefficient (Wildman–Crippen LogP) is 4.20. The van der Waals surface area contributed by atoms with E-state index in [1.54, 1.807) is 11.8 Å². The maximum absolute atomic E-state index is 12.1. The summed E-state index contributed by atoms with van der Waals surface area (Å²) in [6.07, 6.45) is 6.34. The molecule has 1 aliphatic rings. The van der Waals surface area contributed by atoms with Gasteiger partial charge in [-0.25, -0.2) is 0 Å². The number of hydrogen-bond acceptors (Lipinski definition) is 2. The zero-order valence-corrected chi connectivity index (χ0v) is 10.6. The lowest BCUT2D eigenvalue weighted by atomic mass is 10.0. The zero-order chi connectivity index (χ0) is 11.4. The molecule has 0 saturated heterocycles. The molecule has 1 nitrogen and oxygen atoms in total. The van der Waals surface area contributed by atoms with E-state index in [0.29, 0.717) is 5.25 Å². The van der Waals surface area contributed by atoms with Gasteiger partial charge in [-0.2, -0.15) is 0 Å². The molecule has 86 valence electrons. The Morgan fingerprint density at radius 3 is 2.56 bits per heavy atom. The molecule has 0 heterocycles. The van der Waals surface area contributed by atoms with Crippen molar-refractivity contribution < 1.29 is 4.79 Å². The Balaban J connectivity index is 2.00. The van der Waals surface area contributed by atoms with Crippen LogP contribution in [0.25, 0.3) is 0 Å². The van der Waals surface area contributed by atoms with Crippen LogP contribution in [0.5, 0.6) is 0 Å². The second-order valence-electron chi connectivity index (χ2n) is 4.48. The van der Waals surface area contributed by atoms with Gasteiger partial charge in [0.15, 0.2) is 0 Å². The Hall–Kier alpha value is -0.760. The van der Waals surface area contributed by atoms with Crippen molar-refractivity contribution in [2.75, 3.05) is 0 Å². The van der Waals surface area contributed by atoms with E-state index >= 15 is 0 Å². The fourth-order valence-electron chi connectivity index (χ4n) is 2.20. The monoisotopic (exact) mass is 234 g/mol. The van der Waals surface area contributed by atoms with E-state index in [4.69, 9.17) is 0 Å². The Morgan fingerprint density at radius 2 is 1.88 bits per heavy atom.